The Labute approximate surface area is 174 Å². The number of nitrogens with zero attached hydrogens (tertiary/aromatic N) is 3. The Hall–Kier alpha value is -3.06. The van der Waals surface area contributed by atoms with Crippen LogP contribution in [0.2, 0.25) is 0 Å². The Morgan fingerprint density at radius 1 is 1.17 bits per heavy atom. The van der Waals surface area contributed by atoms with Gasteiger partial charge in [-0.05, 0) is 24.6 Å². The van der Waals surface area contributed by atoms with E-state index in [1.54, 1.807) is 13.2 Å². The molecule has 0 spiro atoms. The molecule has 6 nitrogen and oxygen atoms in total. The fraction of sp³-hybridized carbons (Fsp3) is 0.227. The lowest BCUT2D eigenvalue weighted by Crippen LogP contribution is -2.09. The van der Waals surface area contributed by atoms with E-state index in [4.69, 9.17) is 9.47 Å². The van der Waals surface area contributed by atoms with Gasteiger partial charge in [-0.2, -0.15) is 0 Å². The van der Waals surface area contributed by atoms with Gasteiger partial charge in [0.05, 0.1) is 12.9 Å². The molecule has 0 unspecified atom stereocenters. The number of carbonyl (C=O) groups is 1. The molecule has 0 aliphatic rings. The van der Waals surface area contributed by atoms with E-state index < -0.39 is 0 Å². The number of methoxy groups -OCH3 is 1. The molecule has 0 amide bonds. The SMILES string of the molecule is C=CCn1c(COc2ccc(C)cc2OC)nnc1SCC(=O)c1ccccc1. The van der Waals surface area contributed by atoms with Gasteiger partial charge in [-0.3, -0.25) is 9.36 Å². The number of aromatic nitrogens is 3. The van der Waals surface area contributed by atoms with Gasteiger partial charge < -0.3 is 9.47 Å². The molecular weight excluding hydrogens is 386 g/mol. The largest absolute Gasteiger partial charge is 0.493 e. The molecule has 150 valence electrons. The maximum absolute atomic E-state index is 12.4. The maximum Gasteiger partial charge on any atom is 0.192 e. The van der Waals surface area contributed by atoms with Crippen molar-refractivity contribution < 1.29 is 14.3 Å². The molecule has 0 atom stereocenters. The molecule has 7 heteroatoms. The van der Waals surface area contributed by atoms with E-state index in [1.165, 1.54) is 11.8 Å². The van der Waals surface area contributed by atoms with Gasteiger partial charge in [-0.25, -0.2) is 0 Å². The third kappa shape index (κ3) is 5.26. The van der Waals surface area contributed by atoms with E-state index >= 15 is 0 Å². The summed E-state index contributed by atoms with van der Waals surface area (Å²) in [5.74, 6) is 2.29. The van der Waals surface area contributed by atoms with Gasteiger partial charge in [0.2, 0.25) is 0 Å². The number of ether oxygens (including phenoxy) is 2. The van der Waals surface area contributed by atoms with Gasteiger partial charge in [0.15, 0.2) is 28.3 Å². The second-order valence-electron chi connectivity index (χ2n) is 6.32. The quantitative estimate of drug-likeness (QED) is 0.282. The summed E-state index contributed by atoms with van der Waals surface area (Å²) in [6, 6.07) is 15.0. The number of rotatable bonds is 10. The highest BCUT2D eigenvalue weighted by Gasteiger charge is 2.15. The zero-order valence-electron chi connectivity index (χ0n) is 16.5. The lowest BCUT2D eigenvalue weighted by Gasteiger charge is -2.12. The summed E-state index contributed by atoms with van der Waals surface area (Å²) < 4.78 is 13.2. The second kappa shape index (κ2) is 9.93. The van der Waals surface area contributed by atoms with Crippen molar-refractivity contribution in [3.63, 3.8) is 0 Å². The van der Waals surface area contributed by atoms with E-state index in [0.29, 0.717) is 34.6 Å². The van der Waals surface area contributed by atoms with Crippen molar-refractivity contribution in [3.8, 4) is 11.5 Å². The summed E-state index contributed by atoms with van der Waals surface area (Å²) in [7, 11) is 1.61. The number of Topliss-reactive ketones (excluding diaryl/α,β-unsaturated/α-hetero) is 1. The number of hydrogen-bond acceptors (Lipinski definition) is 6. The van der Waals surface area contributed by atoms with Gasteiger partial charge in [-0.15, -0.1) is 16.8 Å². The van der Waals surface area contributed by atoms with Crippen LogP contribution in [-0.2, 0) is 13.2 Å². The average molecular weight is 410 g/mol. The molecule has 3 rings (SSSR count). The van der Waals surface area contributed by atoms with Crippen LogP contribution in [0.1, 0.15) is 21.7 Å². The molecule has 0 saturated heterocycles. The molecule has 0 radical (unpaired) electrons. The first-order chi connectivity index (χ1) is 14.1. The lowest BCUT2D eigenvalue weighted by molar-refractivity contribution is 0.102. The first kappa shape index (κ1) is 20.7. The van der Waals surface area contributed by atoms with Crippen molar-refractivity contribution in [1.29, 1.82) is 0 Å². The highest BCUT2D eigenvalue weighted by atomic mass is 32.2. The highest BCUT2D eigenvalue weighted by Crippen LogP contribution is 2.28. The smallest absolute Gasteiger partial charge is 0.192 e. The van der Waals surface area contributed by atoms with Crippen LogP contribution in [0.5, 0.6) is 11.5 Å². The van der Waals surface area contributed by atoms with Crippen LogP contribution >= 0.6 is 11.8 Å². The molecule has 3 aromatic rings. The van der Waals surface area contributed by atoms with E-state index in [0.717, 1.165) is 5.56 Å². The Morgan fingerprint density at radius 2 is 1.97 bits per heavy atom. The summed E-state index contributed by atoms with van der Waals surface area (Å²) in [6.45, 7) is 6.55. The van der Waals surface area contributed by atoms with Gasteiger partial charge in [-0.1, -0.05) is 54.2 Å². The number of hydrogen-bond donors (Lipinski definition) is 0. The third-order valence-electron chi connectivity index (χ3n) is 4.21. The summed E-state index contributed by atoms with van der Waals surface area (Å²) in [6.07, 6.45) is 1.77. The monoisotopic (exact) mass is 409 g/mol. The second-order valence-corrected chi connectivity index (χ2v) is 7.26. The Balaban J connectivity index is 1.70. The lowest BCUT2D eigenvalue weighted by atomic mass is 10.2. The summed E-state index contributed by atoms with van der Waals surface area (Å²) >= 11 is 1.35. The van der Waals surface area contributed by atoms with Gasteiger partial charge in [0.1, 0.15) is 6.61 Å². The molecule has 29 heavy (non-hydrogen) atoms. The Kier molecular flexibility index (Phi) is 7.08. The summed E-state index contributed by atoms with van der Waals surface area (Å²) in [5, 5.41) is 9.13. The number of aryl methyl sites for hydroxylation is 1. The molecule has 0 aliphatic carbocycles. The Bertz CT molecular complexity index is 986. The molecule has 0 saturated carbocycles. The highest BCUT2D eigenvalue weighted by molar-refractivity contribution is 7.99. The van der Waals surface area contributed by atoms with Crippen molar-refractivity contribution in [2.24, 2.45) is 0 Å². The van der Waals surface area contributed by atoms with Crippen LogP contribution in [-0.4, -0.2) is 33.4 Å². The van der Waals surface area contributed by atoms with Crippen molar-refractivity contribution in [3.05, 3.63) is 78.1 Å². The van der Waals surface area contributed by atoms with Gasteiger partial charge in [0, 0.05) is 12.1 Å². The van der Waals surface area contributed by atoms with E-state index in [1.807, 2.05) is 60.0 Å². The molecule has 0 aliphatic heterocycles. The normalized spacial score (nSPS) is 10.6. The zero-order chi connectivity index (χ0) is 20.6. The van der Waals surface area contributed by atoms with Gasteiger partial charge in [0.25, 0.3) is 0 Å². The zero-order valence-corrected chi connectivity index (χ0v) is 17.3. The van der Waals surface area contributed by atoms with Crippen LogP contribution < -0.4 is 9.47 Å². The minimum absolute atomic E-state index is 0.0472. The first-order valence-corrected chi connectivity index (χ1v) is 10.1. The third-order valence-corrected chi connectivity index (χ3v) is 5.18. The number of carbonyl (C=O) groups excluding carboxylic acids is 1. The summed E-state index contributed by atoms with van der Waals surface area (Å²) in [4.78, 5) is 12.4. The van der Waals surface area contributed by atoms with E-state index in [-0.39, 0.29) is 18.1 Å². The summed E-state index contributed by atoms with van der Waals surface area (Å²) in [5.41, 5.74) is 1.77. The minimum Gasteiger partial charge on any atom is -0.493 e. The standard InChI is InChI=1S/C22H23N3O3S/c1-4-12-25-21(14-28-19-11-10-16(2)13-20(19)27-3)23-24-22(25)29-15-18(26)17-8-6-5-7-9-17/h4-11,13H,1,12,14-15H2,2-3H3. The molecule has 2 aromatic carbocycles. The minimum atomic E-state index is 0.0472. The van der Waals surface area contributed by atoms with Gasteiger partial charge >= 0.3 is 0 Å². The van der Waals surface area contributed by atoms with Crippen molar-refractivity contribution >= 4 is 17.5 Å². The number of allylic oxidation sites excluding steroid dienone is 1. The predicted octanol–water partition coefficient (Wildman–Crippen LogP) is 4.34. The van der Waals surface area contributed by atoms with E-state index in [2.05, 4.69) is 16.8 Å². The number of benzene rings is 2. The molecular formula is C22H23N3O3S. The number of ketones is 1. The van der Waals surface area contributed by atoms with Crippen LogP contribution in [0.25, 0.3) is 0 Å². The molecule has 0 bridgehead atoms. The average Bonchev–Trinajstić information content (AvgIpc) is 3.13. The van der Waals surface area contributed by atoms with Crippen molar-refractivity contribution in [1.82, 2.24) is 14.8 Å². The Morgan fingerprint density at radius 3 is 2.69 bits per heavy atom. The molecule has 0 fully saturated rings. The molecule has 1 aromatic heterocycles. The van der Waals surface area contributed by atoms with Crippen molar-refractivity contribution in [2.75, 3.05) is 12.9 Å². The van der Waals surface area contributed by atoms with Crippen LogP contribution in [0.15, 0.2) is 66.3 Å². The first-order valence-electron chi connectivity index (χ1n) is 9.14. The molecule has 1 heterocycles. The van der Waals surface area contributed by atoms with Crippen molar-refractivity contribution in [2.45, 2.75) is 25.2 Å². The van der Waals surface area contributed by atoms with Crippen LogP contribution in [0.4, 0.5) is 0 Å². The van der Waals surface area contributed by atoms with Crippen LogP contribution in [0, 0.1) is 6.92 Å². The van der Waals surface area contributed by atoms with E-state index in [9.17, 15) is 4.79 Å². The number of thioether (sulfide) groups is 1. The van der Waals surface area contributed by atoms with Crippen LogP contribution in [0.3, 0.4) is 0 Å². The topological polar surface area (TPSA) is 66.2 Å². The fourth-order valence-electron chi connectivity index (χ4n) is 2.72. The maximum atomic E-state index is 12.4. The predicted molar refractivity (Wildman–Crippen MR) is 114 cm³/mol. The molecule has 0 N–H and O–H groups in total. The fourth-order valence-corrected chi connectivity index (χ4v) is 3.58.